The third-order valence-electron chi connectivity index (χ3n) is 6.38. The zero-order valence-electron chi connectivity index (χ0n) is 19.0. The molecule has 1 N–H and O–H groups in total. The number of halogens is 1. The first-order chi connectivity index (χ1) is 16.5. The molecule has 0 saturated carbocycles. The number of rotatable bonds is 6. The van der Waals surface area contributed by atoms with E-state index in [4.69, 9.17) is 16.4 Å². The summed E-state index contributed by atoms with van der Waals surface area (Å²) in [4.78, 5) is 19.6. The lowest BCUT2D eigenvalue weighted by Gasteiger charge is -2.45. The van der Waals surface area contributed by atoms with Gasteiger partial charge in [-0.15, -0.1) is 0 Å². The molecule has 0 fully saturated rings. The molecule has 1 aliphatic heterocycles. The van der Waals surface area contributed by atoms with Crippen molar-refractivity contribution in [3.05, 3.63) is 136 Å². The molecule has 1 unspecified atom stereocenters. The van der Waals surface area contributed by atoms with Crippen molar-refractivity contribution in [1.82, 2.24) is 5.06 Å². The van der Waals surface area contributed by atoms with Gasteiger partial charge in [-0.1, -0.05) is 96.0 Å². The quantitative estimate of drug-likeness (QED) is 0.340. The number of nitrogens with one attached hydrogen (secondary N) is 1. The lowest BCUT2D eigenvalue weighted by Crippen LogP contribution is -2.53. The van der Waals surface area contributed by atoms with Gasteiger partial charge >= 0.3 is 0 Å². The molecule has 1 heterocycles. The van der Waals surface area contributed by atoms with Gasteiger partial charge in [0.1, 0.15) is 0 Å². The van der Waals surface area contributed by atoms with Gasteiger partial charge in [0.25, 0.3) is 5.91 Å². The molecule has 4 aromatic rings. The Bertz CT molecular complexity index is 1270. The largest absolute Gasteiger partial charge is 0.356 e. The van der Waals surface area contributed by atoms with E-state index < -0.39 is 5.66 Å². The second kappa shape index (κ2) is 8.98. The first-order valence-corrected chi connectivity index (χ1v) is 11.6. The monoisotopic (exact) mass is 468 g/mol. The van der Waals surface area contributed by atoms with Gasteiger partial charge < -0.3 is 5.32 Å². The lowest BCUT2D eigenvalue weighted by atomic mass is 9.76. The van der Waals surface area contributed by atoms with Crippen LogP contribution in [0.4, 0.5) is 5.69 Å². The highest BCUT2D eigenvalue weighted by molar-refractivity contribution is 6.31. The SMILES string of the molecule is CON1C(=O)c2cc(Cl)ccc2C1(Nc1ccc(C)cc1)C(c1ccccc1)c1ccccc1. The summed E-state index contributed by atoms with van der Waals surface area (Å²) in [5.41, 5.74) is 4.38. The smallest absolute Gasteiger partial charge is 0.280 e. The standard InChI is InChI=1S/C29H25ClN2O2/c1-20-13-16-24(17-14-20)31-29(26-18-15-23(30)19-25(26)28(33)32(29)34-2)27(21-9-5-3-6-10-21)22-11-7-4-8-12-22/h3-19,27,31H,1-2H3. The van der Waals surface area contributed by atoms with Crippen molar-refractivity contribution >= 4 is 23.2 Å². The Morgan fingerprint density at radius 3 is 2.00 bits per heavy atom. The van der Waals surface area contributed by atoms with Crippen molar-refractivity contribution in [2.75, 3.05) is 12.4 Å². The number of hydrogen-bond acceptors (Lipinski definition) is 3. The van der Waals surface area contributed by atoms with Crippen LogP contribution in [-0.4, -0.2) is 18.1 Å². The van der Waals surface area contributed by atoms with Gasteiger partial charge in [0, 0.05) is 16.3 Å². The van der Waals surface area contributed by atoms with Crippen molar-refractivity contribution in [2.24, 2.45) is 0 Å². The van der Waals surface area contributed by atoms with Gasteiger partial charge in [0.15, 0.2) is 5.66 Å². The van der Waals surface area contributed by atoms with E-state index in [-0.39, 0.29) is 11.8 Å². The third-order valence-corrected chi connectivity index (χ3v) is 6.62. The topological polar surface area (TPSA) is 41.6 Å². The van der Waals surface area contributed by atoms with Gasteiger partial charge in [-0.05, 0) is 42.3 Å². The van der Waals surface area contributed by atoms with Crippen molar-refractivity contribution in [3.63, 3.8) is 0 Å². The molecule has 170 valence electrons. The molecule has 34 heavy (non-hydrogen) atoms. The zero-order chi connectivity index (χ0) is 23.7. The fourth-order valence-electron chi connectivity index (χ4n) is 4.92. The summed E-state index contributed by atoms with van der Waals surface area (Å²) < 4.78 is 0. The number of fused-ring (bicyclic) bond motifs is 1. The molecule has 0 saturated heterocycles. The number of hydrogen-bond donors (Lipinski definition) is 1. The average molecular weight is 469 g/mol. The number of anilines is 1. The molecule has 5 rings (SSSR count). The van der Waals surface area contributed by atoms with Gasteiger partial charge in [-0.2, -0.15) is 5.06 Å². The molecular weight excluding hydrogens is 444 g/mol. The molecule has 1 amide bonds. The van der Waals surface area contributed by atoms with Crippen molar-refractivity contribution < 1.29 is 9.63 Å². The Hall–Kier alpha value is -3.60. The van der Waals surface area contributed by atoms with Crippen LogP contribution in [0.1, 0.15) is 38.5 Å². The van der Waals surface area contributed by atoms with Crippen LogP contribution in [0.2, 0.25) is 5.02 Å². The van der Waals surface area contributed by atoms with E-state index in [9.17, 15) is 4.79 Å². The van der Waals surface area contributed by atoms with Gasteiger partial charge in [-0.25, -0.2) is 0 Å². The predicted molar refractivity (Wildman–Crippen MR) is 136 cm³/mol. The Morgan fingerprint density at radius 1 is 0.853 bits per heavy atom. The maximum absolute atomic E-state index is 13.7. The molecule has 1 aliphatic rings. The Labute approximate surface area is 204 Å². The zero-order valence-corrected chi connectivity index (χ0v) is 19.8. The Balaban J connectivity index is 1.84. The number of amides is 1. The van der Waals surface area contributed by atoms with Gasteiger partial charge in [0.2, 0.25) is 0 Å². The normalized spacial score (nSPS) is 17.2. The highest BCUT2D eigenvalue weighted by Gasteiger charge is 2.56. The van der Waals surface area contributed by atoms with Crippen LogP contribution in [-0.2, 0) is 10.5 Å². The molecular formula is C29H25ClN2O2. The molecule has 4 nitrogen and oxygen atoms in total. The molecule has 0 bridgehead atoms. The van der Waals surface area contributed by atoms with Crippen LogP contribution in [0, 0.1) is 6.92 Å². The van der Waals surface area contributed by atoms with E-state index in [0.717, 1.165) is 27.9 Å². The maximum Gasteiger partial charge on any atom is 0.280 e. The summed E-state index contributed by atoms with van der Waals surface area (Å²) in [5.74, 6) is -0.529. The highest BCUT2D eigenvalue weighted by Crippen LogP contribution is 2.52. The van der Waals surface area contributed by atoms with Crippen LogP contribution < -0.4 is 5.32 Å². The summed E-state index contributed by atoms with van der Waals surface area (Å²) in [6, 6.07) is 34.0. The highest BCUT2D eigenvalue weighted by atomic mass is 35.5. The van der Waals surface area contributed by atoms with E-state index in [1.807, 2.05) is 79.7 Å². The predicted octanol–water partition coefficient (Wildman–Crippen LogP) is 6.76. The van der Waals surface area contributed by atoms with Crippen LogP contribution >= 0.6 is 11.6 Å². The fraction of sp³-hybridized carbons (Fsp3) is 0.138. The summed E-state index contributed by atoms with van der Waals surface area (Å²) in [7, 11) is 1.53. The first-order valence-electron chi connectivity index (χ1n) is 11.2. The molecule has 5 heteroatoms. The number of carbonyl (C=O) groups is 1. The van der Waals surface area contributed by atoms with E-state index in [1.54, 1.807) is 6.07 Å². The van der Waals surface area contributed by atoms with Crippen LogP contribution in [0.3, 0.4) is 0 Å². The third kappa shape index (κ3) is 3.65. The second-order valence-electron chi connectivity index (χ2n) is 8.48. The Kier molecular flexibility index (Phi) is 5.86. The molecule has 0 spiro atoms. The number of hydroxylamine groups is 2. The maximum atomic E-state index is 13.7. The summed E-state index contributed by atoms with van der Waals surface area (Å²) in [6.45, 7) is 2.05. The van der Waals surface area contributed by atoms with Crippen LogP contribution in [0.5, 0.6) is 0 Å². The first kappa shape index (κ1) is 22.2. The molecule has 0 aromatic heterocycles. The lowest BCUT2D eigenvalue weighted by molar-refractivity contribution is -0.155. The number of nitrogens with zero attached hydrogens (tertiary/aromatic N) is 1. The van der Waals surface area contributed by atoms with Crippen molar-refractivity contribution in [1.29, 1.82) is 0 Å². The van der Waals surface area contributed by atoms with Crippen molar-refractivity contribution in [3.8, 4) is 0 Å². The number of benzene rings is 4. The molecule has 4 aromatic carbocycles. The van der Waals surface area contributed by atoms with Crippen LogP contribution in [0.25, 0.3) is 0 Å². The minimum atomic E-state index is -1.07. The molecule has 0 radical (unpaired) electrons. The Morgan fingerprint density at radius 2 is 1.44 bits per heavy atom. The number of carbonyl (C=O) groups excluding carboxylic acids is 1. The van der Waals surface area contributed by atoms with Gasteiger partial charge in [0.05, 0.1) is 18.6 Å². The molecule has 1 atom stereocenters. The van der Waals surface area contributed by atoms with E-state index in [2.05, 4.69) is 29.6 Å². The summed E-state index contributed by atoms with van der Waals surface area (Å²) in [6.07, 6.45) is 0. The summed E-state index contributed by atoms with van der Waals surface area (Å²) in [5, 5.41) is 5.68. The van der Waals surface area contributed by atoms with Gasteiger partial charge in [-0.3, -0.25) is 9.63 Å². The minimum Gasteiger partial charge on any atom is -0.356 e. The van der Waals surface area contributed by atoms with E-state index in [1.165, 1.54) is 12.2 Å². The summed E-state index contributed by atoms with van der Waals surface area (Å²) >= 11 is 6.33. The van der Waals surface area contributed by atoms with Crippen LogP contribution in [0.15, 0.2) is 103 Å². The average Bonchev–Trinajstić information content (AvgIpc) is 3.09. The second-order valence-corrected chi connectivity index (χ2v) is 8.92. The van der Waals surface area contributed by atoms with Crippen molar-refractivity contribution in [2.45, 2.75) is 18.5 Å². The van der Waals surface area contributed by atoms with E-state index >= 15 is 0 Å². The van der Waals surface area contributed by atoms with E-state index in [0.29, 0.717) is 10.6 Å². The minimum absolute atomic E-state index is 0.239. The fourth-order valence-corrected chi connectivity index (χ4v) is 5.09. The number of aryl methyl sites for hydroxylation is 1. The molecule has 0 aliphatic carbocycles.